The summed E-state index contributed by atoms with van der Waals surface area (Å²) in [6, 6.07) is 8.74. The van der Waals surface area contributed by atoms with Gasteiger partial charge >= 0.3 is 5.97 Å². The Kier molecular flexibility index (Phi) is 3.21. The Labute approximate surface area is 119 Å². The van der Waals surface area contributed by atoms with Crippen molar-refractivity contribution in [2.24, 2.45) is 11.7 Å². The fraction of sp³-hybridized carbons (Fsp3) is 0.562. The molecule has 2 unspecified atom stereocenters. The maximum Gasteiger partial charge on any atom is 0.327 e. The van der Waals surface area contributed by atoms with E-state index in [0.717, 1.165) is 19.3 Å². The van der Waals surface area contributed by atoms with Gasteiger partial charge in [-0.2, -0.15) is 0 Å². The largest absolute Gasteiger partial charge is 0.468 e. The van der Waals surface area contributed by atoms with Gasteiger partial charge in [-0.25, -0.2) is 4.79 Å². The van der Waals surface area contributed by atoms with Crippen LogP contribution in [0.2, 0.25) is 0 Å². The average molecular weight is 274 g/mol. The van der Waals surface area contributed by atoms with Crippen LogP contribution >= 0.6 is 0 Å². The lowest BCUT2D eigenvalue weighted by atomic mass is 9.93. The first kappa shape index (κ1) is 13.4. The van der Waals surface area contributed by atoms with Crippen molar-refractivity contribution in [3.8, 4) is 0 Å². The molecule has 0 radical (unpaired) electrons. The van der Waals surface area contributed by atoms with E-state index < -0.39 is 5.54 Å². The first-order valence-electron chi connectivity index (χ1n) is 7.28. The molecule has 3 rings (SSSR count). The van der Waals surface area contributed by atoms with Crippen LogP contribution in [-0.2, 0) is 16.0 Å². The summed E-state index contributed by atoms with van der Waals surface area (Å²) in [7, 11) is 1.42. The second-order valence-corrected chi connectivity index (χ2v) is 6.12. The Balaban J connectivity index is 1.88. The van der Waals surface area contributed by atoms with E-state index in [4.69, 9.17) is 10.5 Å². The van der Waals surface area contributed by atoms with Crippen molar-refractivity contribution in [3.05, 3.63) is 29.8 Å². The molecule has 1 saturated carbocycles. The van der Waals surface area contributed by atoms with Gasteiger partial charge in [0.2, 0.25) is 0 Å². The molecule has 0 saturated heterocycles. The highest BCUT2D eigenvalue weighted by molar-refractivity contribution is 5.83. The maximum atomic E-state index is 12.1. The van der Waals surface area contributed by atoms with Crippen molar-refractivity contribution in [2.75, 3.05) is 18.6 Å². The van der Waals surface area contributed by atoms with Gasteiger partial charge in [0.15, 0.2) is 0 Å². The lowest BCUT2D eigenvalue weighted by Gasteiger charge is -2.35. The Morgan fingerprint density at radius 2 is 2.15 bits per heavy atom. The van der Waals surface area contributed by atoms with Crippen LogP contribution in [0.25, 0.3) is 0 Å². The van der Waals surface area contributed by atoms with Gasteiger partial charge in [0, 0.05) is 18.3 Å². The summed E-state index contributed by atoms with van der Waals surface area (Å²) in [4.78, 5) is 14.4. The number of benzene rings is 1. The van der Waals surface area contributed by atoms with E-state index in [1.165, 1.54) is 18.4 Å². The minimum Gasteiger partial charge on any atom is -0.468 e. The van der Waals surface area contributed by atoms with Crippen LogP contribution in [0.15, 0.2) is 24.3 Å². The predicted octanol–water partition coefficient (Wildman–Crippen LogP) is 1.72. The molecule has 1 aromatic carbocycles. The molecule has 108 valence electrons. The number of nitrogens with two attached hydrogens (primary N) is 1. The quantitative estimate of drug-likeness (QED) is 0.849. The molecular weight excluding hydrogens is 252 g/mol. The average Bonchev–Trinajstić information content (AvgIpc) is 3.25. The van der Waals surface area contributed by atoms with E-state index in [-0.39, 0.29) is 11.9 Å². The second kappa shape index (κ2) is 4.77. The van der Waals surface area contributed by atoms with Gasteiger partial charge in [-0.15, -0.1) is 0 Å². The summed E-state index contributed by atoms with van der Waals surface area (Å²) in [5.74, 6) is -0.0218. The summed E-state index contributed by atoms with van der Waals surface area (Å²) >= 11 is 0. The molecular formula is C16H22N2O2. The van der Waals surface area contributed by atoms with Crippen molar-refractivity contribution in [3.63, 3.8) is 0 Å². The number of carbonyl (C=O) groups excluding carboxylic acids is 1. The summed E-state index contributed by atoms with van der Waals surface area (Å²) in [5, 5.41) is 0. The van der Waals surface area contributed by atoms with E-state index in [2.05, 4.69) is 30.0 Å². The van der Waals surface area contributed by atoms with Crippen LogP contribution in [-0.4, -0.2) is 31.2 Å². The Bertz CT molecular complexity index is 527. The number of esters is 1. The highest BCUT2D eigenvalue weighted by Gasteiger charge is 2.51. The molecule has 1 heterocycles. The second-order valence-electron chi connectivity index (χ2n) is 6.12. The van der Waals surface area contributed by atoms with Crippen LogP contribution in [0.3, 0.4) is 0 Å². The van der Waals surface area contributed by atoms with Gasteiger partial charge in [-0.1, -0.05) is 18.2 Å². The lowest BCUT2D eigenvalue weighted by Crippen LogP contribution is -2.59. The number of para-hydroxylation sites is 1. The van der Waals surface area contributed by atoms with Crippen LogP contribution < -0.4 is 10.6 Å². The molecule has 2 aliphatic rings. The van der Waals surface area contributed by atoms with E-state index in [0.29, 0.717) is 12.6 Å². The van der Waals surface area contributed by atoms with E-state index in [9.17, 15) is 4.79 Å². The molecule has 2 N–H and O–H groups in total. The van der Waals surface area contributed by atoms with Crippen molar-refractivity contribution < 1.29 is 9.53 Å². The smallest absolute Gasteiger partial charge is 0.327 e. The first-order chi connectivity index (χ1) is 9.56. The van der Waals surface area contributed by atoms with Crippen molar-refractivity contribution in [1.29, 1.82) is 0 Å². The van der Waals surface area contributed by atoms with Crippen molar-refractivity contribution >= 4 is 11.7 Å². The molecule has 1 fully saturated rings. The molecule has 1 aliphatic carbocycles. The number of ether oxygens (including phenoxy) is 1. The monoisotopic (exact) mass is 274 g/mol. The lowest BCUT2D eigenvalue weighted by molar-refractivity contribution is -0.147. The van der Waals surface area contributed by atoms with E-state index in [1.807, 2.05) is 6.07 Å². The molecule has 1 aromatic rings. The zero-order chi connectivity index (χ0) is 14.3. The topological polar surface area (TPSA) is 55.6 Å². The SMILES string of the molecule is COC(=O)C(N)(CN1c2ccccc2CC1C)C1CC1. The maximum absolute atomic E-state index is 12.1. The van der Waals surface area contributed by atoms with Gasteiger partial charge in [0.25, 0.3) is 0 Å². The van der Waals surface area contributed by atoms with E-state index in [1.54, 1.807) is 0 Å². The molecule has 4 heteroatoms. The number of nitrogens with zero attached hydrogens (tertiary/aromatic N) is 1. The summed E-state index contributed by atoms with van der Waals surface area (Å²) in [5.41, 5.74) is 8.11. The molecule has 0 amide bonds. The highest BCUT2D eigenvalue weighted by atomic mass is 16.5. The number of carbonyl (C=O) groups is 1. The van der Waals surface area contributed by atoms with Gasteiger partial charge in [0.1, 0.15) is 5.54 Å². The summed E-state index contributed by atoms with van der Waals surface area (Å²) < 4.78 is 4.96. The molecule has 0 bridgehead atoms. The number of anilines is 1. The number of methoxy groups -OCH3 is 1. The minimum atomic E-state index is -0.875. The Morgan fingerprint density at radius 1 is 1.45 bits per heavy atom. The number of fused-ring (bicyclic) bond motifs is 1. The molecule has 20 heavy (non-hydrogen) atoms. The molecule has 4 nitrogen and oxygen atoms in total. The number of hydrogen-bond acceptors (Lipinski definition) is 4. The fourth-order valence-electron chi connectivity index (χ4n) is 3.30. The third kappa shape index (κ3) is 2.08. The van der Waals surface area contributed by atoms with Crippen LogP contribution in [0.5, 0.6) is 0 Å². The normalized spacial score (nSPS) is 24.1. The zero-order valence-corrected chi connectivity index (χ0v) is 12.1. The van der Waals surface area contributed by atoms with Crippen LogP contribution in [0, 0.1) is 5.92 Å². The molecule has 1 aliphatic heterocycles. The third-order valence-corrected chi connectivity index (χ3v) is 4.65. The summed E-state index contributed by atoms with van der Waals surface area (Å²) in [6.45, 7) is 2.73. The fourth-order valence-corrected chi connectivity index (χ4v) is 3.30. The minimum absolute atomic E-state index is 0.259. The van der Waals surface area contributed by atoms with Crippen LogP contribution in [0.4, 0.5) is 5.69 Å². The third-order valence-electron chi connectivity index (χ3n) is 4.65. The predicted molar refractivity (Wildman–Crippen MR) is 78.6 cm³/mol. The highest BCUT2D eigenvalue weighted by Crippen LogP contribution is 2.42. The van der Waals surface area contributed by atoms with Gasteiger partial charge in [-0.3, -0.25) is 0 Å². The summed E-state index contributed by atoms with van der Waals surface area (Å²) in [6.07, 6.45) is 3.06. The van der Waals surface area contributed by atoms with E-state index >= 15 is 0 Å². The molecule has 0 aromatic heterocycles. The zero-order valence-electron chi connectivity index (χ0n) is 12.1. The van der Waals surface area contributed by atoms with Crippen molar-refractivity contribution in [2.45, 2.75) is 37.8 Å². The molecule has 2 atom stereocenters. The van der Waals surface area contributed by atoms with Gasteiger partial charge < -0.3 is 15.4 Å². The number of rotatable bonds is 4. The van der Waals surface area contributed by atoms with Crippen LogP contribution in [0.1, 0.15) is 25.3 Å². The molecule has 0 spiro atoms. The first-order valence-corrected chi connectivity index (χ1v) is 7.28. The van der Waals surface area contributed by atoms with Gasteiger partial charge in [-0.05, 0) is 43.7 Å². The Hall–Kier alpha value is -1.55. The van der Waals surface area contributed by atoms with Gasteiger partial charge in [0.05, 0.1) is 7.11 Å². The standard InChI is InChI=1S/C16H22N2O2/c1-11-9-12-5-3-4-6-14(12)18(11)10-16(17,13-7-8-13)15(19)20-2/h3-6,11,13H,7-10,17H2,1-2H3. The van der Waals surface area contributed by atoms with Crippen molar-refractivity contribution in [1.82, 2.24) is 0 Å². The Morgan fingerprint density at radius 3 is 2.80 bits per heavy atom. The number of hydrogen-bond donors (Lipinski definition) is 1.